The maximum Gasteiger partial charge on any atom is 0.344 e. The fraction of sp³-hybridized carbons (Fsp3) is 0.286. The minimum absolute atomic E-state index is 0.237. The molecular weight excluding hydrogens is 376 g/mol. The first kappa shape index (κ1) is 19.8. The Kier molecular flexibility index (Phi) is 6.26. The standard InChI is InChI=1S/C21H22N2O4S/c1-14-7-6-9-17(15(14)2)26-13-21(25)27-12-20(24)23(3)11-19-22-16-8-4-5-10-18(16)28-19/h4-10H,11-13H2,1-3H3. The zero-order valence-corrected chi connectivity index (χ0v) is 16.9. The number of ether oxygens (including phenoxy) is 2. The van der Waals surface area contributed by atoms with Gasteiger partial charge in [-0.05, 0) is 43.2 Å². The predicted molar refractivity (Wildman–Crippen MR) is 108 cm³/mol. The summed E-state index contributed by atoms with van der Waals surface area (Å²) in [6, 6.07) is 13.5. The van der Waals surface area contributed by atoms with Crippen molar-refractivity contribution in [2.75, 3.05) is 20.3 Å². The highest BCUT2D eigenvalue weighted by molar-refractivity contribution is 7.18. The van der Waals surface area contributed by atoms with Gasteiger partial charge in [0.05, 0.1) is 16.8 Å². The number of esters is 1. The number of para-hydroxylation sites is 1. The van der Waals surface area contributed by atoms with E-state index in [2.05, 4.69) is 4.98 Å². The van der Waals surface area contributed by atoms with Crippen LogP contribution in [0.1, 0.15) is 16.1 Å². The van der Waals surface area contributed by atoms with Gasteiger partial charge < -0.3 is 14.4 Å². The third-order valence-electron chi connectivity index (χ3n) is 4.39. The van der Waals surface area contributed by atoms with Gasteiger partial charge in [-0.2, -0.15) is 0 Å². The molecule has 0 saturated heterocycles. The van der Waals surface area contributed by atoms with Crippen LogP contribution in [0.4, 0.5) is 0 Å². The van der Waals surface area contributed by atoms with Gasteiger partial charge in [-0.15, -0.1) is 11.3 Å². The number of hydrogen-bond acceptors (Lipinski definition) is 6. The predicted octanol–water partition coefficient (Wildman–Crippen LogP) is 3.49. The Hall–Kier alpha value is -2.93. The second-order valence-corrected chi connectivity index (χ2v) is 7.59. The van der Waals surface area contributed by atoms with E-state index in [0.717, 1.165) is 26.4 Å². The van der Waals surface area contributed by atoms with Crippen molar-refractivity contribution in [1.29, 1.82) is 0 Å². The van der Waals surface area contributed by atoms with E-state index >= 15 is 0 Å². The van der Waals surface area contributed by atoms with Crippen molar-refractivity contribution in [1.82, 2.24) is 9.88 Å². The molecule has 3 aromatic rings. The van der Waals surface area contributed by atoms with Crippen LogP contribution in [0.3, 0.4) is 0 Å². The molecule has 2 aromatic carbocycles. The monoisotopic (exact) mass is 398 g/mol. The molecule has 1 amide bonds. The Bertz CT molecular complexity index is 966. The Balaban J connectivity index is 1.46. The SMILES string of the molecule is Cc1cccc(OCC(=O)OCC(=O)N(C)Cc2nc3ccccc3s2)c1C. The molecule has 0 aliphatic carbocycles. The molecule has 0 spiro atoms. The molecule has 0 radical (unpaired) electrons. The molecule has 0 bridgehead atoms. The fourth-order valence-corrected chi connectivity index (χ4v) is 3.61. The molecule has 0 aliphatic heterocycles. The summed E-state index contributed by atoms with van der Waals surface area (Å²) in [4.78, 5) is 30.1. The van der Waals surface area contributed by atoms with Crippen LogP contribution in [0.25, 0.3) is 10.2 Å². The lowest BCUT2D eigenvalue weighted by molar-refractivity contribution is -0.153. The summed E-state index contributed by atoms with van der Waals surface area (Å²) in [5.74, 6) is -0.238. The van der Waals surface area contributed by atoms with Gasteiger partial charge in [0.15, 0.2) is 13.2 Å². The van der Waals surface area contributed by atoms with E-state index in [9.17, 15) is 9.59 Å². The highest BCUT2D eigenvalue weighted by atomic mass is 32.1. The zero-order valence-electron chi connectivity index (χ0n) is 16.1. The largest absolute Gasteiger partial charge is 0.482 e. The number of hydrogen-bond donors (Lipinski definition) is 0. The summed E-state index contributed by atoms with van der Waals surface area (Å²) < 4.78 is 11.6. The first-order valence-electron chi connectivity index (χ1n) is 8.87. The molecule has 28 heavy (non-hydrogen) atoms. The van der Waals surface area contributed by atoms with E-state index in [1.165, 1.54) is 4.90 Å². The summed E-state index contributed by atoms with van der Waals surface area (Å²) in [6.07, 6.45) is 0. The maximum atomic E-state index is 12.2. The van der Waals surface area contributed by atoms with Crippen LogP contribution in [0.15, 0.2) is 42.5 Å². The smallest absolute Gasteiger partial charge is 0.344 e. The summed E-state index contributed by atoms with van der Waals surface area (Å²) in [6.45, 7) is 3.71. The average molecular weight is 398 g/mol. The number of rotatable bonds is 7. The van der Waals surface area contributed by atoms with Gasteiger partial charge in [0.2, 0.25) is 0 Å². The van der Waals surface area contributed by atoms with Crippen molar-refractivity contribution in [3.05, 3.63) is 58.6 Å². The Morgan fingerprint density at radius 1 is 1.07 bits per heavy atom. The van der Waals surface area contributed by atoms with Crippen molar-refractivity contribution < 1.29 is 19.1 Å². The number of fused-ring (bicyclic) bond motifs is 1. The second-order valence-electron chi connectivity index (χ2n) is 6.47. The molecule has 3 rings (SSSR count). The normalized spacial score (nSPS) is 10.7. The lowest BCUT2D eigenvalue weighted by Gasteiger charge is -2.16. The molecule has 0 saturated carbocycles. The first-order valence-corrected chi connectivity index (χ1v) is 9.68. The van der Waals surface area contributed by atoms with Crippen LogP contribution < -0.4 is 4.74 Å². The molecule has 146 valence electrons. The third-order valence-corrected chi connectivity index (χ3v) is 5.41. The number of nitrogens with zero attached hydrogens (tertiary/aromatic N) is 2. The highest BCUT2D eigenvalue weighted by Gasteiger charge is 2.15. The maximum absolute atomic E-state index is 12.2. The lowest BCUT2D eigenvalue weighted by Crippen LogP contribution is -2.31. The first-order chi connectivity index (χ1) is 13.4. The molecule has 6 nitrogen and oxygen atoms in total. The van der Waals surface area contributed by atoms with E-state index in [0.29, 0.717) is 12.3 Å². The van der Waals surface area contributed by atoms with Crippen molar-refractivity contribution in [2.24, 2.45) is 0 Å². The van der Waals surface area contributed by atoms with Gasteiger partial charge in [0, 0.05) is 7.05 Å². The number of aromatic nitrogens is 1. The summed E-state index contributed by atoms with van der Waals surface area (Å²) >= 11 is 1.54. The Labute approximate surface area is 167 Å². The van der Waals surface area contributed by atoms with E-state index in [-0.39, 0.29) is 19.1 Å². The number of carbonyl (C=O) groups is 2. The van der Waals surface area contributed by atoms with Gasteiger partial charge in [0.25, 0.3) is 5.91 Å². The molecular formula is C21H22N2O4S. The number of likely N-dealkylation sites (N-methyl/N-ethyl adjacent to an activating group) is 1. The zero-order chi connectivity index (χ0) is 20.1. The van der Waals surface area contributed by atoms with Crippen LogP contribution in [0, 0.1) is 13.8 Å². The van der Waals surface area contributed by atoms with Crippen molar-refractivity contribution in [3.8, 4) is 5.75 Å². The van der Waals surface area contributed by atoms with Gasteiger partial charge in [-0.25, -0.2) is 9.78 Å². The van der Waals surface area contributed by atoms with Gasteiger partial charge in [-0.3, -0.25) is 4.79 Å². The number of aryl methyl sites for hydroxylation is 1. The number of benzene rings is 2. The van der Waals surface area contributed by atoms with E-state index in [4.69, 9.17) is 9.47 Å². The quantitative estimate of drug-likeness (QED) is 0.570. The van der Waals surface area contributed by atoms with Crippen molar-refractivity contribution >= 4 is 33.4 Å². The minimum Gasteiger partial charge on any atom is -0.482 e. The number of carbonyl (C=O) groups excluding carboxylic acids is 2. The topological polar surface area (TPSA) is 68.7 Å². The van der Waals surface area contributed by atoms with Crippen LogP contribution >= 0.6 is 11.3 Å². The van der Waals surface area contributed by atoms with Crippen molar-refractivity contribution in [2.45, 2.75) is 20.4 Å². The summed E-state index contributed by atoms with van der Waals surface area (Å²) in [7, 11) is 1.66. The van der Waals surface area contributed by atoms with Gasteiger partial charge in [0.1, 0.15) is 10.8 Å². The lowest BCUT2D eigenvalue weighted by atomic mass is 10.1. The van der Waals surface area contributed by atoms with Crippen LogP contribution in [-0.2, 0) is 20.9 Å². The molecule has 0 unspecified atom stereocenters. The number of thiazole rings is 1. The van der Waals surface area contributed by atoms with E-state index in [1.54, 1.807) is 24.5 Å². The summed E-state index contributed by atoms with van der Waals surface area (Å²) in [5.41, 5.74) is 2.97. The van der Waals surface area contributed by atoms with Crippen molar-refractivity contribution in [3.63, 3.8) is 0 Å². The highest BCUT2D eigenvalue weighted by Crippen LogP contribution is 2.22. The Morgan fingerprint density at radius 3 is 2.64 bits per heavy atom. The average Bonchev–Trinajstić information content (AvgIpc) is 3.09. The molecule has 7 heteroatoms. The molecule has 1 heterocycles. The van der Waals surface area contributed by atoms with Crippen LogP contribution in [0.5, 0.6) is 5.75 Å². The Morgan fingerprint density at radius 2 is 1.86 bits per heavy atom. The molecule has 0 N–H and O–H groups in total. The molecule has 0 atom stereocenters. The van der Waals surface area contributed by atoms with Gasteiger partial charge in [-0.1, -0.05) is 24.3 Å². The van der Waals surface area contributed by atoms with Crippen LogP contribution in [-0.4, -0.2) is 42.0 Å². The summed E-state index contributed by atoms with van der Waals surface area (Å²) in [5, 5.41) is 0.835. The third kappa shape index (κ3) is 4.86. The molecule has 1 aromatic heterocycles. The van der Waals surface area contributed by atoms with Gasteiger partial charge >= 0.3 is 5.97 Å². The van der Waals surface area contributed by atoms with E-state index in [1.807, 2.05) is 50.2 Å². The fourth-order valence-electron chi connectivity index (χ4n) is 2.59. The van der Waals surface area contributed by atoms with Crippen LogP contribution in [0.2, 0.25) is 0 Å². The molecule has 0 fully saturated rings. The number of amides is 1. The molecule has 0 aliphatic rings. The minimum atomic E-state index is -0.581. The second kappa shape index (κ2) is 8.84. The van der Waals surface area contributed by atoms with E-state index < -0.39 is 5.97 Å².